The van der Waals surface area contributed by atoms with E-state index in [-0.39, 0.29) is 47.4 Å². The Labute approximate surface area is 165 Å². The molecule has 5 rings (SSSR count). The topological polar surface area (TPSA) is 66.5 Å². The predicted octanol–water partition coefficient (Wildman–Crippen LogP) is 3.31. The predicted molar refractivity (Wildman–Crippen MR) is 106 cm³/mol. The van der Waals surface area contributed by atoms with Gasteiger partial charge in [-0.25, -0.2) is 4.90 Å². The zero-order valence-corrected chi connectivity index (χ0v) is 16.1. The molecule has 1 heterocycles. The van der Waals surface area contributed by atoms with Crippen molar-refractivity contribution in [2.24, 2.45) is 29.6 Å². The van der Waals surface area contributed by atoms with Gasteiger partial charge < -0.3 is 5.32 Å². The number of hydrogen-bond acceptors (Lipinski definition) is 3. The normalized spacial score (nSPS) is 36.1. The van der Waals surface area contributed by atoms with E-state index < -0.39 is 0 Å². The van der Waals surface area contributed by atoms with Crippen LogP contribution < -0.4 is 10.2 Å². The molecule has 5 heteroatoms. The van der Waals surface area contributed by atoms with E-state index in [1.165, 1.54) is 11.3 Å². The van der Waals surface area contributed by atoms with Gasteiger partial charge in [-0.15, -0.1) is 0 Å². The van der Waals surface area contributed by atoms with Gasteiger partial charge in [-0.3, -0.25) is 14.4 Å². The van der Waals surface area contributed by atoms with Gasteiger partial charge in [0.15, 0.2) is 0 Å². The van der Waals surface area contributed by atoms with Crippen molar-refractivity contribution in [3.05, 3.63) is 42.0 Å². The summed E-state index contributed by atoms with van der Waals surface area (Å²) in [7, 11) is 0. The third-order valence-corrected chi connectivity index (χ3v) is 7.26. The first-order valence-corrected chi connectivity index (χ1v) is 10.5. The summed E-state index contributed by atoms with van der Waals surface area (Å²) in [6.45, 7) is 2.18. The van der Waals surface area contributed by atoms with E-state index in [0.29, 0.717) is 17.2 Å². The summed E-state index contributed by atoms with van der Waals surface area (Å²) in [5.74, 6) is 0.0831. The van der Waals surface area contributed by atoms with Gasteiger partial charge >= 0.3 is 0 Å². The lowest BCUT2D eigenvalue weighted by Gasteiger charge is -2.29. The number of carbonyl (C=O) groups excluding carboxylic acids is 3. The Morgan fingerprint density at radius 2 is 1.71 bits per heavy atom. The number of amides is 3. The Morgan fingerprint density at radius 1 is 1.04 bits per heavy atom. The lowest BCUT2D eigenvalue weighted by molar-refractivity contribution is -0.123. The number of allylic oxidation sites excluding steroid dienone is 2. The van der Waals surface area contributed by atoms with Gasteiger partial charge in [-0.1, -0.05) is 38.0 Å². The number of nitrogens with zero attached hydrogens (tertiary/aromatic N) is 1. The Hall–Kier alpha value is -2.43. The van der Waals surface area contributed by atoms with Crippen molar-refractivity contribution in [3.8, 4) is 0 Å². The Bertz CT molecular complexity index is 846. The molecule has 1 N–H and O–H groups in total. The average Bonchev–Trinajstić information content (AvgIpc) is 3.37. The zero-order valence-electron chi connectivity index (χ0n) is 16.1. The molecule has 3 fully saturated rings. The highest BCUT2D eigenvalue weighted by Crippen LogP contribution is 2.53. The smallest absolute Gasteiger partial charge is 0.251 e. The molecule has 0 unspecified atom stereocenters. The summed E-state index contributed by atoms with van der Waals surface area (Å²) in [5, 5.41) is 3.15. The number of benzene rings is 1. The molecule has 1 aromatic carbocycles. The molecule has 2 bridgehead atoms. The van der Waals surface area contributed by atoms with Gasteiger partial charge in [0.2, 0.25) is 11.8 Å². The second-order valence-electron chi connectivity index (χ2n) is 8.90. The lowest BCUT2D eigenvalue weighted by atomic mass is 9.85. The molecule has 1 aliphatic heterocycles. The van der Waals surface area contributed by atoms with Crippen LogP contribution in [0.15, 0.2) is 36.4 Å². The first kappa shape index (κ1) is 17.7. The van der Waals surface area contributed by atoms with Crippen LogP contribution in [0.25, 0.3) is 0 Å². The lowest BCUT2D eigenvalue weighted by Crippen LogP contribution is -2.41. The molecule has 146 valence electrons. The van der Waals surface area contributed by atoms with E-state index in [1.807, 2.05) is 0 Å². The molecular weight excluding hydrogens is 352 g/mol. The number of imide groups is 1. The van der Waals surface area contributed by atoms with Gasteiger partial charge in [0.25, 0.3) is 5.91 Å². The van der Waals surface area contributed by atoms with Crippen molar-refractivity contribution in [1.82, 2.24) is 5.32 Å². The minimum Gasteiger partial charge on any atom is -0.349 e. The fraction of sp³-hybridized carbons (Fsp3) is 0.522. The van der Waals surface area contributed by atoms with Crippen LogP contribution in [0.2, 0.25) is 0 Å². The van der Waals surface area contributed by atoms with Gasteiger partial charge in [-0.2, -0.15) is 0 Å². The molecule has 0 aromatic heterocycles. The van der Waals surface area contributed by atoms with Crippen LogP contribution in [0.5, 0.6) is 0 Å². The molecule has 0 radical (unpaired) electrons. The maximum Gasteiger partial charge on any atom is 0.251 e. The summed E-state index contributed by atoms with van der Waals surface area (Å²) >= 11 is 0. The summed E-state index contributed by atoms with van der Waals surface area (Å²) in [6, 6.07) is 7.15. The van der Waals surface area contributed by atoms with Crippen LogP contribution in [0.4, 0.5) is 5.69 Å². The van der Waals surface area contributed by atoms with Crippen LogP contribution in [0, 0.1) is 29.6 Å². The monoisotopic (exact) mass is 378 g/mol. The maximum atomic E-state index is 13.0. The molecule has 1 aromatic rings. The van der Waals surface area contributed by atoms with E-state index in [2.05, 4.69) is 24.4 Å². The molecule has 3 aliphatic carbocycles. The SMILES string of the molecule is C[C@@H]1CCCC[C@@H]1NC(=O)c1cccc(N2C(=O)[C@@H]3[C@H](C2=O)[C@H]2C=C[C@H]3C2)c1. The van der Waals surface area contributed by atoms with Crippen molar-refractivity contribution in [3.63, 3.8) is 0 Å². The molecule has 0 spiro atoms. The first-order chi connectivity index (χ1) is 13.5. The molecule has 3 amide bonds. The largest absolute Gasteiger partial charge is 0.349 e. The summed E-state index contributed by atoms with van der Waals surface area (Å²) in [5.41, 5.74) is 1.03. The van der Waals surface area contributed by atoms with Crippen LogP contribution in [0.3, 0.4) is 0 Å². The fourth-order valence-electron chi connectivity index (χ4n) is 5.73. The Morgan fingerprint density at radius 3 is 2.39 bits per heavy atom. The molecule has 2 saturated carbocycles. The van der Waals surface area contributed by atoms with E-state index in [9.17, 15) is 14.4 Å². The van der Waals surface area contributed by atoms with Crippen molar-refractivity contribution < 1.29 is 14.4 Å². The van der Waals surface area contributed by atoms with E-state index >= 15 is 0 Å². The quantitative estimate of drug-likeness (QED) is 0.648. The second kappa shape index (κ2) is 6.57. The van der Waals surface area contributed by atoms with Crippen LogP contribution in [-0.4, -0.2) is 23.8 Å². The van der Waals surface area contributed by atoms with E-state index in [1.54, 1.807) is 24.3 Å². The zero-order chi connectivity index (χ0) is 19.4. The minimum atomic E-state index is -0.219. The highest BCUT2D eigenvalue weighted by Gasteiger charge is 2.59. The summed E-state index contributed by atoms with van der Waals surface area (Å²) < 4.78 is 0. The maximum absolute atomic E-state index is 13.0. The fourth-order valence-corrected chi connectivity index (χ4v) is 5.73. The van der Waals surface area contributed by atoms with Crippen LogP contribution >= 0.6 is 0 Å². The van der Waals surface area contributed by atoms with Gasteiger partial charge in [0, 0.05) is 11.6 Å². The molecule has 5 nitrogen and oxygen atoms in total. The standard InChI is InChI=1S/C23H26N2O3/c1-13-5-2-3-8-18(13)24-21(26)16-6-4-7-17(12-16)25-22(27)19-14-9-10-15(11-14)20(19)23(25)28/h4,6-7,9-10,12-15,18-20H,2-3,5,8,11H2,1H3,(H,24,26)/t13-,14+,15+,18+,19-,20+/m1/s1. The number of nitrogens with one attached hydrogen (secondary N) is 1. The van der Waals surface area contributed by atoms with Gasteiger partial charge in [0.05, 0.1) is 17.5 Å². The highest BCUT2D eigenvalue weighted by atomic mass is 16.2. The highest BCUT2D eigenvalue weighted by molar-refractivity contribution is 6.23. The van der Waals surface area contributed by atoms with Crippen molar-refractivity contribution in [1.29, 1.82) is 0 Å². The van der Waals surface area contributed by atoms with Gasteiger partial charge in [-0.05, 0) is 55.2 Å². The first-order valence-electron chi connectivity index (χ1n) is 10.5. The van der Waals surface area contributed by atoms with E-state index in [0.717, 1.165) is 25.7 Å². The molecule has 1 saturated heterocycles. The third-order valence-electron chi connectivity index (χ3n) is 7.26. The number of anilines is 1. The van der Waals surface area contributed by atoms with Crippen LogP contribution in [0.1, 0.15) is 49.4 Å². The average molecular weight is 378 g/mol. The molecular formula is C23H26N2O3. The third kappa shape index (κ3) is 2.63. The van der Waals surface area contributed by atoms with Crippen molar-refractivity contribution in [2.75, 3.05) is 4.90 Å². The number of rotatable bonds is 3. The summed E-state index contributed by atoms with van der Waals surface area (Å²) in [4.78, 5) is 40.1. The molecule has 6 atom stereocenters. The second-order valence-corrected chi connectivity index (χ2v) is 8.90. The Balaban J connectivity index is 1.37. The number of fused-ring (bicyclic) bond motifs is 5. The summed E-state index contributed by atoms with van der Waals surface area (Å²) in [6.07, 6.45) is 9.62. The molecule has 4 aliphatic rings. The van der Waals surface area contributed by atoms with E-state index in [4.69, 9.17) is 0 Å². The van der Waals surface area contributed by atoms with Crippen LogP contribution in [-0.2, 0) is 9.59 Å². The Kier molecular flexibility index (Phi) is 4.14. The minimum absolute atomic E-state index is 0.106. The molecule has 28 heavy (non-hydrogen) atoms. The van der Waals surface area contributed by atoms with Crippen molar-refractivity contribution >= 4 is 23.4 Å². The number of carbonyl (C=O) groups is 3. The van der Waals surface area contributed by atoms with Crippen molar-refractivity contribution in [2.45, 2.75) is 45.1 Å². The number of hydrogen-bond donors (Lipinski definition) is 1. The van der Waals surface area contributed by atoms with Gasteiger partial charge in [0.1, 0.15) is 0 Å².